The van der Waals surface area contributed by atoms with Crippen molar-refractivity contribution in [3.63, 3.8) is 0 Å². The number of hydrogen-bond acceptors (Lipinski definition) is 3. The molecule has 3 aromatic rings. The van der Waals surface area contributed by atoms with E-state index in [1.54, 1.807) is 6.20 Å². The fraction of sp³-hybridized carbons (Fsp3) is 0.250. The van der Waals surface area contributed by atoms with E-state index >= 15 is 0 Å². The van der Waals surface area contributed by atoms with Gasteiger partial charge in [-0.05, 0) is 35.8 Å². The summed E-state index contributed by atoms with van der Waals surface area (Å²) >= 11 is 3.40. The zero-order valence-corrected chi connectivity index (χ0v) is 11.9. The molecule has 0 amide bonds. The summed E-state index contributed by atoms with van der Waals surface area (Å²) in [5.41, 5.74) is 4.74. The molecule has 6 heteroatoms. The first kappa shape index (κ1) is 11.4. The molecule has 3 heterocycles. The average molecular weight is 306 g/mol. The van der Waals surface area contributed by atoms with Crippen molar-refractivity contribution in [2.45, 2.75) is 13.8 Å². The largest absolute Gasteiger partial charge is 0.336 e. The van der Waals surface area contributed by atoms with Gasteiger partial charge in [0.2, 0.25) is 0 Å². The number of aromatic amines is 1. The third-order valence-corrected chi connectivity index (χ3v) is 3.48. The Morgan fingerprint density at radius 2 is 2.11 bits per heavy atom. The lowest BCUT2D eigenvalue weighted by Crippen LogP contribution is -1.92. The Kier molecular flexibility index (Phi) is 2.48. The van der Waals surface area contributed by atoms with Gasteiger partial charge in [-0.1, -0.05) is 0 Å². The minimum atomic E-state index is 0.718. The topological polar surface area (TPSA) is 59.4 Å². The molecule has 0 aliphatic carbocycles. The molecule has 0 saturated heterocycles. The normalized spacial score (nSPS) is 11.3. The summed E-state index contributed by atoms with van der Waals surface area (Å²) in [6, 6.07) is 1.97. The Balaban J connectivity index is 2.25. The highest BCUT2D eigenvalue weighted by Gasteiger charge is 2.15. The van der Waals surface area contributed by atoms with Crippen LogP contribution in [0, 0.1) is 13.8 Å². The molecule has 0 fully saturated rings. The highest BCUT2D eigenvalue weighted by Crippen LogP contribution is 2.26. The predicted octanol–water partition coefficient (Wildman–Crippen LogP) is 2.74. The molecule has 18 heavy (non-hydrogen) atoms. The maximum Gasteiger partial charge on any atom is 0.178 e. The first-order chi connectivity index (χ1) is 8.56. The number of rotatable bonds is 1. The van der Waals surface area contributed by atoms with Crippen molar-refractivity contribution in [2.24, 2.45) is 7.05 Å². The maximum absolute atomic E-state index is 4.52. The minimum Gasteiger partial charge on any atom is -0.336 e. The molecular weight excluding hydrogens is 294 g/mol. The van der Waals surface area contributed by atoms with Crippen LogP contribution in [0.15, 0.2) is 16.7 Å². The molecule has 5 nitrogen and oxygen atoms in total. The standard InChI is InChI=1S/C12H12BrN5/c1-6-10(7(2)18(3)17-6)12-15-9-4-8(13)5-14-11(9)16-12/h4-5H,1-3H3,(H,14,15,16). The quantitative estimate of drug-likeness (QED) is 0.752. The van der Waals surface area contributed by atoms with E-state index in [1.165, 1.54) is 0 Å². The second-order valence-electron chi connectivity index (χ2n) is 4.28. The van der Waals surface area contributed by atoms with Crippen LogP contribution in [0.5, 0.6) is 0 Å². The van der Waals surface area contributed by atoms with E-state index in [-0.39, 0.29) is 0 Å². The third-order valence-electron chi connectivity index (χ3n) is 3.05. The van der Waals surface area contributed by atoms with Crippen molar-refractivity contribution in [1.82, 2.24) is 24.7 Å². The molecule has 0 saturated carbocycles. The summed E-state index contributed by atoms with van der Waals surface area (Å²) < 4.78 is 2.80. The van der Waals surface area contributed by atoms with Gasteiger partial charge in [-0.25, -0.2) is 9.97 Å². The molecule has 3 aromatic heterocycles. The van der Waals surface area contributed by atoms with Gasteiger partial charge >= 0.3 is 0 Å². The third kappa shape index (κ3) is 1.64. The number of aryl methyl sites for hydroxylation is 2. The number of nitrogens with one attached hydrogen (secondary N) is 1. The van der Waals surface area contributed by atoms with E-state index in [0.717, 1.165) is 38.4 Å². The molecule has 0 atom stereocenters. The molecular formula is C12H12BrN5. The van der Waals surface area contributed by atoms with Crippen LogP contribution >= 0.6 is 15.9 Å². The summed E-state index contributed by atoms with van der Waals surface area (Å²) in [6.07, 6.45) is 1.75. The molecule has 0 bridgehead atoms. The van der Waals surface area contributed by atoms with E-state index in [9.17, 15) is 0 Å². The number of imidazole rings is 1. The van der Waals surface area contributed by atoms with Crippen LogP contribution in [0.4, 0.5) is 0 Å². The fourth-order valence-corrected chi connectivity index (χ4v) is 2.44. The van der Waals surface area contributed by atoms with Crippen LogP contribution in [0.1, 0.15) is 11.4 Å². The van der Waals surface area contributed by atoms with Crippen molar-refractivity contribution in [3.05, 3.63) is 28.1 Å². The van der Waals surface area contributed by atoms with Gasteiger partial charge < -0.3 is 4.98 Å². The zero-order chi connectivity index (χ0) is 12.9. The molecule has 0 aromatic carbocycles. The first-order valence-corrected chi connectivity index (χ1v) is 6.37. The van der Waals surface area contributed by atoms with Gasteiger partial charge in [0.15, 0.2) is 5.65 Å². The van der Waals surface area contributed by atoms with Crippen molar-refractivity contribution < 1.29 is 0 Å². The van der Waals surface area contributed by atoms with E-state index < -0.39 is 0 Å². The predicted molar refractivity (Wildman–Crippen MR) is 73.3 cm³/mol. The summed E-state index contributed by atoms with van der Waals surface area (Å²) in [4.78, 5) is 12.1. The van der Waals surface area contributed by atoms with Crippen molar-refractivity contribution in [2.75, 3.05) is 0 Å². The van der Waals surface area contributed by atoms with Crippen LogP contribution in [0.2, 0.25) is 0 Å². The van der Waals surface area contributed by atoms with Gasteiger partial charge in [0, 0.05) is 23.4 Å². The van der Waals surface area contributed by atoms with E-state index in [4.69, 9.17) is 0 Å². The summed E-state index contributed by atoms with van der Waals surface area (Å²) in [6.45, 7) is 4.02. The van der Waals surface area contributed by atoms with Crippen LogP contribution < -0.4 is 0 Å². The maximum atomic E-state index is 4.52. The Bertz CT molecular complexity index is 740. The van der Waals surface area contributed by atoms with Gasteiger partial charge in [0.25, 0.3) is 0 Å². The second kappa shape index (κ2) is 3.91. The molecule has 0 spiro atoms. The summed E-state index contributed by atoms with van der Waals surface area (Å²) in [5.74, 6) is 0.818. The zero-order valence-electron chi connectivity index (χ0n) is 10.3. The minimum absolute atomic E-state index is 0.718. The SMILES string of the molecule is Cc1nn(C)c(C)c1-c1nc2ncc(Br)cc2[nH]1. The fourth-order valence-electron chi connectivity index (χ4n) is 2.11. The van der Waals surface area contributed by atoms with Crippen molar-refractivity contribution in [1.29, 1.82) is 0 Å². The molecule has 92 valence electrons. The number of halogens is 1. The Labute approximate surface area is 112 Å². The lowest BCUT2D eigenvalue weighted by atomic mass is 10.2. The van der Waals surface area contributed by atoms with Crippen LogP contribution in [-0.2, 0) is 7.05 Å². The summed E-state index contributed by atoms with van der Waals surface area (Å²) in [5, 5.41) is 4.40. The number of H-pyrrole nitrogens is 1. The molecule has 3 rings (SSSR count). The number of pyridine rings is 1. The number of hydrogen-bond donors (Lipinski definition) is 1. The van der Waals surface area contributed by atoms with E-state index in [0.29, 0.717) is 0 Å². The smallest absolute Gasteiger partial charge is 0.178 e. The van der Waals surface area contributed by atoms with Crippen LogP contribution in [-0.4, -0.2) is 24.7 Å². The highest BCUT2D eigenvalue weighted by molar-refractivity contribution is 9.10. The lowest BCUT2D eigenvalue weighted by molar-refractivity contribution is 0.731. The Morgan fingerprint density at radius 1 is 1.33 bits per heavy atom. The first-order valence-electron chi connectivity index (χ1n) is 5.58. The van der Waals surface area contributed by atoms with Gasteiger partial charge in [0.1, 0.15) is 5.82 Å². The average Bonchev–Trinajstić information content (AvgIpc) is 2.80. The monoisotopic (exact) mass is 305 g/mol. The Morgan fingerprint density at radius 3 is 2.78 bits per heavy atom. The molecule has 0 aliphatic heterocycles. The van der Waals surface area contributed by atoms with Gasteiger partial charge in [-0.2, -0.15) is 5.10 Å². The van der Waals surface area contributed by atoms with Crippen molar-refractivity contribution >= 4 is 27.1 Å². The van der Waals surface area contributed by atoms with E-state index in [2.05, 4.69) is 36.0 Å². The highest BCUT2D eigenvalue weighted by atomic mass is 79.9. The molecule has 0 aliphatic rings. The number of nitrogens with zero attached hydrogens (tertiary/aromatic N) is 4. The van der Waals surface area contributed by atoms with E-state index in [1.807, 2.05) is 31.6 Å². The molecule has 0 radical (unpaired) electrons. The van der Waals surface area contributed by atoms with Crippen LogP contribution in [0.3, 0.4) is 0 Å². The van der Waals surface area contributed by atoms with Crippen molar-refractivity contribution in [3.8, 4) is 11.4 Å². The molecule has 0 unspecified atom stereocenters. The van der Waals surface area contributed by atoms with Gasteiger partial charge in [0.05, 0.1) is 16.8 Å². The molecule has 1 N–H and O–H groups in total. The van der Waals surface area contributed by atoms with Gasteiger partial charge in [-0.3, -0.25) is 4.68 Å². The van der Waals surface area contributed by atoms with Gasteiger partial charge in [-0.15, -0.1) is 0 Å². The van der Waals surface area contributed by atoms with Crippen LogP contribution in [0.25, 0.3) is 22.6 Å². The number of fused-ring (bicyclic) bond motifs is 1. The lowest BCUT2D eigenvalue weighted by Gasteiger charge is -1.96. The Hall–Kier alpha value is -1.69. The second-order valence-corrected chi connectivity index (χ2v) is 5.20. The summed E-state index contributed by atoms with van der Waals surface area (Å²) in [7, 11) is 1.93. The number of aromatic nitrogens is 5.